The van der Waals surface area contributed by atoms with Gasteiger partial charge in [-0.15, -0.1) is 0 Å². The lowest BCUT2D eigenvalue weighted by molar-refractivity contribution is -0.334. The van der Waals surface area contributed by atoms with Crippen molar-refractivity contribution in [3.05, 3.63) is 204 Å². The third-order valence-corrected chi connectivity index (χ3v) is 21.5. The Morgan fingerprint density at radius 3 is 1.23 bits per heavy atom. The predicted molar refractivity (Wildman–Crippen MR) is 299 cm³/mol. The zero-order chi connectivity index (χ0) is 56.0. The van der Waals surface area contributed by atoms with Crippen molar-refractivity contribution in [1.29, 1.82) is 0 Å². The molecular weight excluding hydrogens is 1060 g/mol. The summed E-state index contributed by atoms with van der Waals surface area (Å²) in [7, 11) is -11.7. The maximum Gasteiger partial charge on any atom is 0.303 e. The number of carbonyl (C=O) groups excluding carboxylic acids is 1. The molecule has 0 saturated carbocycles. The van der Waals surface area contributed by atoms with Crippen LogP contribution in [0.25, 0.3) is 0 Å². The fraction of sp³-hybridized carbons (Fsp3) is 0.383. The summed E-state index contributed by atoms with van der Waals surface area (Å²) < 4.78 is 126. The van der Waals surface area contributed by atoms with E-state index in [2.05, 4.69) is 30.2 Å². The molecule has 0 spiro atoms. The SMILES string of the molecule is CC(=O)O[C@H]1[C@H](OCc2ccccc2)[C@@H](NS(=O)(=O)c2ccccc2)[C@H](O[C@H]2[C@H](OCc3ccccc3)[C@@H](NS(=O)(=O)c3ccccc3)[C@@H](O[Si](C)(C)C(C)(C)C)O[C@@H]2COCc2ccccc2)O[C@@H]1COCc1ccccc1. The molecule has 2 aliphatic heterocycles. The van der Waals surface area contributed by atoms with Gasteiger partial charge in [0.15, 0.2) is 27.0 Å². The van der Waals surface area contributed by atoms with E-state index in [1.165, 1.54) is 31.2 Å². The van der Waals surface area contributed by atoms with Crippen molar-refractivity contribution >= 4 is 34.3 Å². The fourth-order valence-electron chi connectivity index (χ4n) is 9.02. The molecule has 0 bridgehead atoms. The second-order valence-electron chi connectivity index (χ2n) is 21.1. The predicted octanol–water partition coefficient (Wildman–Crippen LogP) is 9.07. The average molecular weight is 1140 g/mol. The molecule has 2 fully saturated rings. The molecule has 0 aliphatic carbocycles. The van der Waals surface area contributed by atoms with Crippen LogP contribution in [0.4, 0.5) is 0 Å². The fourth-order valence-corrected chi connectivity index (χ4v) is 12.7. The number of hydrogen-bond acceptors (Lipinski definition) is 14. The highest BCUT2D eigenvalue weighted by Gasteiger charge is 2.57. The minimum absolute atomic E-state index is 0.0204. The maximum atomic E-state index is 14.8. The van der Waals surface area contributed by atoms with Crippen molar-refractivity contribution < 1.29 is 64.0 Å². The number of rotatable bonds is 25. The van der Waals surface area contributed by atoms with Gasteiger partial charge in [0.25, 0.3) is 0 Å². The lowest BCUT2D eigenvalue weighted by Crippen LogP contribution is -2.71. The van der Waals surface area contributed by atoms with Gasteiger partial charge in [0, 0.05) is 6.92 Å². The standard InChI is InChI=1S/C60H72N2O14S2Si/c1-43(63)72-54-50(41-68-37-44-25-13-7-14-26-44)73-58(52(56(54)70-39-46-29-17-9-18-30-46)61-77(64,65)48-33-21-11-22-34-48)75-55-51(42-69-38-45-27-15-8-16-28-45)74-59(76-79(5,6)60(2,3)4)53(57(55)71-40-47-31-19-10-20-32-47)62-78(66,67)49-35-23-12-24-36-49/h7-36,50-59,61-62H,37-42H2,1-6H3/t50-,51-,52-,53-,54-,55-,56-,57-,58+,59-/m1/s1. The zero-order valence-corrected chi connectivity index (χ0v) is 48.0. The van der Waals surface area contributed by atoms with Crippen LogP contribution >= 0.6 is 0 Å². The Hall–Kier alpha value is -5.49. The van der Waals surface area contributed by atoms with E-state index in [0.717, 1.165) is 22.3 Å². The molecule has 6 aromatic rings. The first-order valence-corrected chi connectivity index (χ1v) is 32.2. The van der Waals surface area contributed by atoms with Crippen molar-refractivity contribution in [1.82, 2.24) is 9.44 Å². The van der Waals surface area contributed by atoms with Crippen LogP contribution in [0.3, 0.4) is 0 Å². The van der Waals surface area contributed by atoms with Crippen LogP contribution in [0.15, 0.2) is 192 Å². The van der Waals surface area contributed by atoms with Gasteiger partial charge < -0.3 is 42.3 Å². The van der Waals surface area contributed by atoms with Gasteiger partial charge in [-0.25, -0.2) is 26.3 Å². The Bertz CT molecular complexity index is 3040. The Kier molecular flexibility index (Phi) is 20.6. The third kappa shape index (κ3) is 16.3. The minimum Gasteiger partial charge on any atom is -0.457 e. The number of sulfonamides is 2. The van der Waals surface area contributed by atoms with Gasteiger partial charge in [-0.1, -0.05) is 178 Å². The Labute approximate surface area is 466 Å². The summed E-state index contributed by atoms with van der Waals surface area (Å²) in [5, 5.41) is -0.379. The summed E-state index contributed by atoms with van der Waals surface area (Å²) >= 11 is 0. The van der Waals surface area contributed by atoms with Gasteiger partial charge in [0.1, 0.15) is 42.6 Å². The van der Waals surface area contributed by atoms with Gasteiger partial charge in [-0.05, 0) is 64.7 Å². The largest absolute Gasteiger partial charge is 0.457 e. The lowest BCUT2D eigenvalue weighted by Gasteiger charge is -2.51. The Morgan fingerprint density at radius 2 is 0.835 bits per heavy atom. The molecule has 19 heteroatoms. The minimum atomic E-state index is -4.45. The molecule has 2 heterocycles. The number of benzene rings is 6. The highest BCUT2D eigenvalue weighted by Crippen LogP contribution is 2.41. The van der Waals surface area contributed by atoms with Gasteiger partial charge in [-0.3, -0.25) is 4.79 Å². The number of esters is 1. The molecule has 0 amide bonds. The summed E-state index contributed by atoms with van der Waals surface area (Å²) in [5.41, 5.74) is 3.22. The average Bonchev–Trinajstić information content (AvgIpc) is 3.63. The molecule has 79 heavy (non-hydrogen) atoms. The molecule has 6 aromatic carbocycles. The molecule has 422 valence electrons. The van der Waals surface area contributed by atoms with Crippen molar-refractivity contribution in [2.75, 3.05) is 13.2 Å². The number of ether oxygens (including phenoxy) is 8. The van der Waals surface area contributed by atoms with E-state index in [-0.39, 0.29) is 54.5 Å². The van der Waals surface area contributed by atoms with Crippen molar-refractivity contribution in [2.45, 2.75) is 143 Å². The maximum absolute atomic E-state index is 14.8. The summed E-state index contributed by atoms with van der Waals surface area (Å²) in [6, 6.07) is 50.5. The summed E-state index contributed by atoms with van der Waals surface area (Å²) in [6.45, 7) is 11.4. The second-order valence-corrected chi connectivity index (χ2v) is 29.3. The second kappa shape index (κ2) is 27.3. The highest BCUT2D eigenvalue weighted by molar-refractivity contribution is 7.89. The molecule has 0 radical (unpaired) electrons. The van der Waals surface area contributed by atoms with Gasteiger partial charge >= 0.3 is 5.97 Å². The first-order chi connectivity index (χ1) is 37.9. The van der Waals surface area contributed by atoms with Crippen LogP contribution < -0.4 is 9.44 Å². The van der Waals surface area contributed by atoms with Gasteiger partial charge in [-0.2, -0.15) is 0 Å². The van der Waals surface area contributed by atoms with E-state index in [0.29, 0.717) is 0 Å². The highest BCUT2D eigenvalue weighted by atomic mass is 32.2. The summed E-state index contributed by atoms with van der Waals surface area (Å²) in [5.74, 6) is -0.689. The topological polar surface area (TPSA) is 192 Å². The van der Waals surface area contributed by atoms with E-state index in [4.69, 9.17) is 42.3 Å². The van der Waals surface area contributed by atoms with E-state index in [9.17, 15) is 21.6 Å². The molecule has 0 aromatic heterocycles. The molecule has 2 N–H and O–H groups in total. The van der Waals surface area contributed by atoms with Crippen molar-refractivity contribution in [3.8, 4) is 0 Å². The monoisotopic (exact) mass is 1140 g/mol. The van der Waals surface area contributed by atoms with E-state index in [1.54, 1.807) is 36.4 Å². The molecule has 10 atom stereocenters. The molecule has 16 nitrogen and oxygen atoms in total. The Morgan fingerprint density at radius 1 is 0.494 bits per heavy atom. The first kappa shape index (κ1) is 59.6. The lowest BCUT2D eigenvalue weighted by atomic mass is 9.94. The zero-order valence-electron chi connectivity index (χ0n) is 45.4. The number of nitrogens with one attached hydrogen (secondary N) is 2. The molecule has 8 rings (SSSR count). The van der Waals surface area contributed by atoms with Gasteiger partial charge in [0.05, 0.1) is 49.4 Å². The first-order valence-electron chi connectivity index (χ1n) is 26.4. The van der Waals surface area contributed by atoms with Crippen LogP contribution in [0.5, 0.6) is 0 Å². The summed E-state index contributed by atoms with van der Waals surface area (Å²) in [6.07, 6.45) is -10.4. The van der Waals surface area contributed by atoms with Crippen LogP contribution in [0, 0.1) is 0 Å². The summed E-state index contributed by atoms with van der Waals surface area (Å²) in [4.78, 5) is 13.2. The third-order valence-electron chi connectivity index (χ3n) is 14.2. The Balaban J connectivity index is 1.29. The van der Waals surface area contributed by atoms with Crippen molar-refractivity contribution in [2.24, 2.45) is 0 Å². The normalized spacial score (nSPS) is 23.9. The molecule has 2 aliphatic rings. The molecule has 2 saturated heterocycles. The molecule has 0 unspecified atom stereocenters. The van der Waals surface area contributed by atoms with E-state index < -0.39 is 95.6 Å². The van der Waals surface area contributed by atoms with Crippen molar-refractivity contribution in [3.63, 3.8) is 0 Å². The van der Waals surface area contributed by atoms with E-state index in [1.807, 2.05) is 134 Å². The number of carbonyl (C=O) groups is 1. The van der Waals surface area contributed by atoms with Crippen LogP contribution in [-0.4, -0.2) is 106 Å². The van der Waals surface area contributed by atoms with Gasteiger partial charge in [0.2, 0.25) is 20.0 Å². The number of hydrogen-bond donors (Lipinski definition) is 2. The smallest absolute Gasteiger partial charge is 0.303 e. The van der Waals surface area contributed by atoms with Crippen LogP contribution in [-0.2, 0) is 93.6 Å². The quantitative estimate of drug-likeness (QED) is 0.0407. The molecular formula is C60H72N2O14S2Si. The van der Waals surface area contributed by atoms with E-state index >= 15 is 0 Å². The van der Waals surface area contributed by atoms with Crippen LogP contribution in [0.1, 0.15) is 49.9 Å². The van der Waals surface area contributed by atoms with Crippen LogP contribution in [0.2, 0.25) is 18.1 Å².